The van der Waals surface area contributed by atoms with Crippen LogP contribution in [0, 0.1) is 11.8 Å². The molecule has 0 radical (unpaired) electrons. The highest BCUT2D eigenvalue weighted by molar-refractivity contribution is 4.60. The Morgan fingerprint density at radius 3 is 2.00 bits per heavy atom. The molecule has 0 aliphatic heterocycles. The molecule has 0 nitrogen and oxygen atoms in total. The van der Waals surface area contributed by atoms with Gasteiger partial charge in [0.05, 0.1) is 0 Å². The van der Waals surface area contributed by atoms with E-state index in [2.05, 4.69) is 27.7 Å². The van der Waals surface area contributed by atoms with Gasteiger partial charge in [-0.25, -0.2) is 0 Å². The Labute approximate surface area is 78.8 Å². The van der Waals surface area contributed by atoms with Crippen LogP contribution in [0.5, 0.6) is 0 Å². The van der Waals surface area contributed by atoms with Crippen molar-refractivity contribution in [3.8, 4) is 0 Å². The highest BCUT2D eigenvalue weighted by Gasteiger charge is 2.08. The molecule has 0 heteroatoms. The average Bonchev–Trinajstić information content (AvgIpc) is 2.10. The first-order valence-electron chi connectivity index (χ1n) is 5.74. The standard InChI is InChI=1S/C12H26/c1-5-8-9-11(4)10-12(6-2)7-3/h11-12H,5-10H2,1-4H3/t11-/m1/s1. The smallest absolute Gasteiger partial charge is 0.0417 e. The number of hydrogen-bond acceptors (Lipinski definition) is 0. The molecule has 0 heterocycles. The SMILES string of the molecule is CCCC[C@@H](C)CC(CC)CC. The highest BCUT2D eigenvalue weighted by Crippen LogP contribution is 2.22. The van der Waals surface area contributed by atoms with Crippen molar-refractivity contribution in [1.29, 1.82) is 0 Å². The normalized spacial score (nSPS) is 13.8. The number of rotatable bonds is 7. The van der Waals surface area contributed by atoms with Crippen molar-refractivity contribution < 1.29 is 0 Å². The highest BCUT2D eigenvalue weighted by atomic mass is 14.1. The van der Waals surface area contributed by atoms with Crippen molar-refractivity contribution in [1.82, 2.24) is 0 Å². The topological polar surface area (TPSA) is 0 Å². The van der Waals surface area contributed by atoms with Crippen LogP contribution in [0.1, 0.15) is 66.2 Å². The Hall–Kier alpha value is 0. The molecule has 0 aliphatic carbocycles. The number of hydrogen-bond donors (Lipinski definition) is 0. The van der Waals surface area contributed by atoms with Gasteiger partial charge in [0, 0.05) is 0 Å². The number of unbranched alkanes of at least 4 members (excludes halogenated alkanes) is 1. The summed E-state index contributed by atoms with van der Waals surface area (Å²) in [6, 6.07) is 0. The first-order valence-corrected chi connectivity index (χ1v) is 5.74. The van der Waals surface area contributed by atoms with Crippen LogP contribution in [0.4, 0.5) is 0 Å². The van der Waals surface area contributed by atoms with Crippen molar-refractivity contribution in [2.24, 2.45) is 11.8 Å². The molecule has 0 rings (SSSR count). The molecular formula is C12H26. The maximum Gasteiger partial charge on any atom is -0.0417 e. The monoisotopic (exact) mass is 170 g/mol. The zero-order valence-electron chi connectivity index (χ0n) is 9.40. The fraction of sp³-hybridized carbons (Fsp3) is 1.00. The first-order chi connectivity index (χ1) is 5.74. The summed E-state index contributed by atoms with van der Waals surface area (Å²) in [4.78, 5) is 0. The minimum Gasteiger partial charge on any atom is -0.0654 e. The third-order valence-corrected chi connectivity index (χ3v) is 2.94. The van der Waals surface area contributed by atoms with Gasteiger partial charge in [0.1, 0.15) is 0 Å². The molecular weight excluding hydrogens is 144 g/mol. The molecule has 0 aromatic heterocycles. The summed E-state index contributed by atoms with van der Waals surface area (Å²) in [5, 5.41) is 0. The van der Waals surface area contributed by atoms with Crippen molar-refractivity contribution >= 4 is 0 Å². The Balaban J connectivity index is 3.44. The van der Waals surface area contributed by atoms with Crippen molar-refractivity contribution in [3.63, 3.8) is 0 Å². The molecule has 0 saturated carbocycles. The summed E-state index contributed by atoms with van der Waals surface area (Å²) in [6.45, 7) is 9.33. The lowest BCUT2D eigenvalue weighted by atomic mass is 9.89. The van der Waals surface area contributed by atoms with E-state index < -0.39 is 0 Å². The van der Waals surface area contributed by atoms with E-state index in [-0.39, 0.29) is 0 Å². The minimum atomic E-state index is 0.954. The second-order valence-electron chi connectivity index (χ2n) is 4.17. The lowest BCUT2D eigenvalue weighted by Crippen LogP contribution is -2.04. The fourth-order valence-corrected chi connectivity index (χ4v) is 1.86. The third-order valence-electron chi connectivity index (χ3n) is 2.94. The van der Waals surface area contributed by atoms with Gasteiger partial charge < -0.3 is 0 Å². The molecule has 0 spiro atoms. The lowest BCUT2D eigenvalue weighted by molar-refractivity contribution is 0.350. The van der Waals surface area contributed by atoms with Gasteiger partial charge in [-0.15, -0.1) is 0 Å². The fourth-order valence-electron chi connectivity index (χ4n) is 1.86. The van der Waals surface area contributed by atoms with Crippen LogP contribution >= 0.6 is 0 Å². The molecule has 0 aromatic carbocycles. The third kappa shape index (κ3) is 5.62. The van der Waals surface area contributed by atoms with Crippen molar-refractivity contribution in [3.05, 3.63) is 0 Å². The van der Waals surface area contributed by atoms with Gasteiger partial charge in [0.2, 0.25) is 0 Å². The summed E-state index contributed by atoms with van der Waals surface area (Å²) in [5.41, 5.74) is 0. The quantitative estimate of drug-likeness (QED) is 0.522. The van der Waals surface area contributed by atoms with Gasteiger partial charge in [-0.2, -0.15) is 0 Å². The van der Waals surface area contributed by atoms with E-state index in [4.69, 9.17) is 0 Å². The summed E-state index contributed by atoms with van der Waals surface area (Å²) in [7, 11) is 0. The van der Waals surface area contributed by atoms with Crippen LogP contribution in [-0.4, -0.2) is 0 Å². The molecule has 74 valence electrons. The molecule has 0 N–H and O–H groups in total. The molecule has 12 heavy (non-hydrogen) atoms. The predicted molar refractivity (Wildman–Crippen MR) is 57.4 cm³/mol. The summed E-state index contributed by atoms with van der Waals surface area (Å²) < 4.78 is 0. The van der Waals surface area contributed by atoms with E-state index in [9.17, 15) is 0 Å². The van der Waals surface area contributed by atoms with Crippen LogP contribution in [0.2, 0.25) is 0 Å². The Bertz CT molecular complexity index is 82.0. The van der Waals surface area contributed by atoms with E-state index in [1.54, 1.807) is 0 Å². The molecule has 0 unspecified atom stereocenters. The van der Waals surface area contributed by atoms with E-state index in [0.29, 0.717) is 0 Å². The minimum absolute atomic E-state index is 0.954. The van der Waals surface area contributed by atoms with Gasteiger partial charge in [-0.1, -0.05) is 59.8 Å². The van der Waals surface area contributed by atoms with E-state index >= 15 is 0 Å². The van der Waals surface area contributed by atoms with Gasteiger partial charge in [-0.3, -0.25) is 0 Å². The second-order valence-corrected chi connectivity index (χ2v) is 4.17. The maximum atomic E-state index is 2.41. The van der Waals surface area contributed by atoms with Gasteiger partial charge in [-0.05, 0) is 18.3 Å². The van der Waals surface area contributed by atoms with E-state index in [1.165, 1.54) is 38.5 Å². The van der Waals surface area contributed by atoms with Crippen LogP contribution in [0.3, 0.4) is 0 Å². The van der Waals surface area contributed by atoms with Crippen LogP contribution in [-0.2, 0) is 0 Å². The summed E-state index contributed by atoms with van der Waals surface area (Å²) in [6.07, 6.45) is 8.40. The van der Waals surface area contributed by atoms with E-state index in [0.717, 1.165) is 11.8 Å². The molecule has 0 aliphatic rings. The van der Waals surface area contributed by atoms with Crippen LogP contribution in [0.15, 0.2) is 0 Å². The van der Waals surface area contributed by atoms with Gasteiger partial charge >= 0.3 is 0 Å². The van der Waals surface area contributed by atoms with E-state index in [1.807, 2.05) is 0 Å². The lowest BCUT2D eigenvalue weighted by Gasteiger charge is -2.17. The molecule has 0 bridgehead atoms. The molecule has 1 atom stereocenters. The summed E-state index contributed by atoms with van der Waals surface area (Å²) in [5.74, 6) is 1.94. The zero-order chi connectivity index (χ0) is 9.40. The Kier molecular flexibility index (Phi) is 7.64. The molecule has 0 saturated heterocycles. The van der Waals surface area contributed by atoms with Gasteiger partial charge in [0.15, 0.2) is 0 Å². The zero-order valence-corrected chi connectivity index (χ0v) is 9.40. The maximum absolute atomic E-state index is 2.41. The first kappa shape index (κ1) is 12.0. The average molecular weight is 170 g/mol. The summed E-state index contributed by atoms with van der Waals surface area (Å²) >= 11 is 0. The van der Waals surface area contributed by atoms with Crippen molar-refractivity contribution in [2.45, 2.75) is 66.2 Å². The Morgan fingerprint density at radius 1 is 1.00 bits per heavy atom. The predicted octanol–water partition coefficient (Wildman–Crippen LogP) is 4.64. The Morgan fingerprint density at radius 2 is 1.58 bits per heavy atom. The molecule has 0 aromatic rings. The largest absolute Gasteiger partial charge is 0.0654 e. The molecule has 0 fully saturated rings. The van der Waals surface area contributed by atoms with Crippen LogP contribution < -0.4 is 0 Å². The van der Waals surface area contributed by atoms with Crippen molar-refractivity contribution in [2.75, 3.05) is 0 Å². The van der Waals surface area contributed by atoms with Gasteiger partial charge in [0.25, 0.3) is 0 Å². The second kappa shape index (κ2) is 7.64. The molecule has 0 amide bonds. The van der Waals surface area contributed by atoms with Crippen LogP contribution in [0.25, 0.3) is 0 Å².